The fraction of sp³-hybridized carbons (Fsp3) is 0.250. The highest BCUT2D eigenvalue weighted by atomic mass is 16.4. The lowest BCUT2D eigenvalue weighted by molar-refractivity contribution is -0.132. The summed E-state index contributed by atoms with van der Waals surface area (Å²) in [5.41, 5.74) is 9.21. The third-order valence-corrected chi connectivity index (χ3v) is 5.17. The quantitative estimate of drug-likeness (QED) is 0.194. The zero-order valence-corrected chi connectivity index (χ0v) is 25.7. The Kier molecular flexibility index (Phi) is 22.4. The van der Waals surface area contributed by atoms with Gasteiger partial charge in [0.25, 0.3) is 11.7 Å². The predicted octanol–water partition coefficient (Wildman–Crippen LogP) is 5.19. The van der Waals surface area contributed by atoms with Crippen molar-refractivity contribution in [1.29, 1.82) is 0 Å². The number of anilines is 3. The number of nitrogens with one attached hydrogen (secondary N) is 2. The predicted molar refractivity (Wildman–Crippen MR) is 174 cm³/mol. The summed E-state index contributed by atoms with van der Waals surface area (Å²) >= 11 is 0. The molecule has 0 saturated carbocycles. The number of hydrogen-bond donors (Lipinski definition) is 5. The van der Waals surface area contributed by atoms with E-state index in [1.807, 2.05) is 72.7 Å². The second kappa shape index (κ2) is 22.7. The van der Waals surface area contributed by atoms with Crippen LogP contribution in [0.2, 0.25) is 0 Å². The number of benzene rings is 3. The van der Waals surface area contributed by atoms with E-state index in [-0.39, 0.29) is 22.6 Å². The lowest BCUT2D eigenvalue weighted by Gasteiger charge is -2.22. The Morgan fingerprint density at radius 1 is 0.721 bits per heavy atom. The number of carbonyl (C=O) groups is 4. The molecule has 2 heterocycles. The molecule has 11 nitrogen and oxygen atoms in total. The zero-order valence-electron chi connectivity index (χ0n) is 25.7. The minimum Gasteiger partial charge on any atom is -0.478 e. The van der Waals surface area contributed by atoms with E-state index in [4.69, 9.17) is 15.9 Å². The second-order valence-electron chi connectivity index (χ2n) is 7.58. The smallest absolute Gasteiger partial charge is 0.337 e. The number of para-hydroxylation sites is 3. The van der Waals surface area contributed by atoms with Crippen LogP contribution in [0.1, 0.15) is 74.7 Å². The minimum absolute atomic E-state index is 0. The SMILES string of the molecule is CC.CC.CC.CC1Nc2ccccc2C=C1C(=O)O.Nc1ccccc1C(=O)O.O.O.O=C1Nc2ccccc2C1=O. The topological polar surface area (TPSA) is 222 Å². The fourth-order valence-electron chi connectivity index (χ4n) is 3.39. The van der Waals surface area contributed by atoms with Crippen molar-refractivity contribution in [3.63, 3.8) is 0 Å². The van der Waals surface area contributed by atoms with Gasteiger partial charge in [0, 0.05) is 11.4 Å². The first-order valence-electron chi connectivity index (χ1n) is 13.5. The largest absolute Gasteiger partial charge is 0.478 e. The van der Waals surface area contributed by atoms with E-state index in [0.717, 1.165) is 11.3 Å². The molecule has 1 amide bonds. The number of hydrogen-bond acceptors (Lipinski definition) is 6. The number of carboxylic acid groups (broad SMARTS) is 2. The van der Waals surface area contributed by atoms with Gasteiger partial charge in [0.1, 0.15) is 0 Å². The van der Waals surface area contributed by atoms with E-state index in [1.165, 1.54) is 6.07 Å². The van der Waals surface area contributed by atoms with E-state index >= 15 is 0 Å². The molecule has 2 aliphatic rings. The first-order valence-corrected chi connectivity index (χ1v) is 13.5. The number of aliphatic carboxylic acids is 1. The number of nitrogen functional groups attached to an aromatic ring is 1. The standard InChI is InChI=1S/C11H11NO2.C8H5NO2.C7H7NO2.3C2H6.2H2O/c1-7-9(11(13)14)6-8-4-2-3-5-10(8)12-7;10-7-5-3-1-2-4-6(5)9-8(7)11;8-6-4-2-1-3-5(6)7(9)10;3*1-2;;/h2-7,12H,1H3,(H,13,14);1-4H,(H,9,10,11);1-4H,8H2,(H,9,10);3*1-2H3;2*1H2. The van der Waals surface area contributed by atoms with Gasteiger partial charge in [-0.1, -0.05) is 84.0 Å². The Bertz CT molecular complexity index is 1340. The van der Waals surface area contributed by atoms with Gasteiger partial charge in [-0.05, 0) is 48.9 Å². The number of Topliss-reactive ketones (excluding diaryl/α,β-unsaturated/α-hetero) is 1. The molecular formula is C32H45N3O8. The Labute approximate surface area is 253 Å². The number of fused-ring (bicyclic) bond motifs is 2. The molecule has 0 radical (unpaired) electrons. The van der Waals surface area contributed by atoms with Crippen molar-refractivity contribution in [3.8, 4) is 0 Å². The summed E-state index contributed by atoms with van der Waals surface area (Å²) in [5.74, 6) is -2.83. The zero-order chi connectivity index (χ0) is 31.5. The Hall–Kier alpha value is -5.00. The van der Waals surface area contributed by atoms with Gasteiger partial charge in [0.15, 0.2) is 0 Å². The number of ketones is 1. The molecule has 11 heteroatoms. The summed E-state index contributed by atoms with van der Waals surface area (Å²) in [6, 6.07) is 20.7. The molecule has 5 rings (SSSR count). The summed E-state index contributed by atoms with van der Waals surface area (Å²) in [4.78, 5) is 43.0. The second-order valence-corrected chi connectivity index (χ2v) is 7.58. The van der Waals surface area contributed by atoms with Crippen LogP contribution in [0.3, 0.4) is 0 Å². The number of amides is 1. The molecule has 3 aromatic rings. The van der Waals surface area contributed by atoms with Crippen molar-refractivity contribution >= 4 is 46.8 Å². The third-order valence-electron chi connectivity index (χ3n) is 5.17. The van der Waals surface area contributed by atoms with Crippen LogP contribution in [0.25, 0.3) is 6.08 Å². The Morgan fingerprint density at radius 3 is 1.70 bits per heavy atom. The normalized spacial score (nSPS) is 12.5. The fourth-order valence-corrected chi connectivity index (χ4v) is 3.39. The number of carbonyl (C=O) groups excluding carboxylic acids is 2. The van der Waals surface area contributed by atoms with E-state index in [2.05, 4.69) is 10.6 Å². The molecule has 3 aromatic carbocycles. The van der Waals surface area contributed by atoms with Gasteiger partial charge in [-0.25, -0.2) is 9.59 Å². The molecule has 0 aromatic heterocycles. The van der Waals surface area contributed by atoms with E-state index in [1.54, 1.807) is 48.5 Å². The highest BCUT2D eigenvalue weighted by Gasteiger charge is 2.26. The van der Waals surface area contributed by atoms with Gasteiger partial charge in [-0.15, -0.1) is 0 Å². The first kappa shape index (κ1) is 42.5. The highest BCUT2D eigenvalue weighted by molar-refractivity contribution is 6.51. The minimum atomic E-state index is -0.988. The molecule has 1 atom stereocenters. The summed E-state index contributed by atoms with van der Waals surface area (Å²) in [5, 5.41) is 23.0. The summed E-state index contributed by atoms with van der Waals surface area (Å²) in [6.45, 7) is 13.8. The van der Waals surface area contributed by atoms with Gasteiger partial charge in [0.2, 0.25) is 0 Å². The number of aromatic carboxylic acids is 1. The molecule has 1 unspecified atom stereocenters. The van der Waals surface area contributed by atoms with Crippen LogP contribution in [0, 0.1) is 0 Å². The lowest BCUT2D eigenvalue weighted by atomic mass is 9.99. The van der Waals surface area contributed by atoms with Gasteiger partial charge < -0.3 is 37.5 Å². The number of rotatable bonds is 2. The van der Waals surface area contributed by atoms with Gasteiger partial charge in [0.05, 0.1) is 28.4 Å². The van der Waals surface area contributed by atoms with Crippen LogP contribution >= 0.6 is 0 Å². The summed E-state index contributed by atoms with van der Waals surface area (Å²) < 4.78 is 0. The molecule has 0 spiro atoms. The van der Waals surface area contributed by atoms with Gasteiger partial charge in [-0.2, -0.15) is 0 Å². The summed E-state index contributed by atoms with van der Waals surface area (Å²) in [6.07, 6.45) is 1.72. The average Bonchev–Trinajstić information content (AvgIpc) is 3.29. The maximum Gasteiger partial charge on any atom is 0.337 e. The number of carboxylic acids is 2. The van der Waals surface area contributed by atoms with Gasteiger partial charge in [-0.3, -0.25) is 9.59 Å². The van der Waals surface area contributed by atoms with Crippen LogP contribution in [0.5, 0.6) is 0 Å². The van der Waals surface area contributed by atoms with Crippen molar-refractivity contribution in [2.75, 3.05) is 16.4 Å². The average molecular weight is 600 g/mol. The molecule has 236 valence electrons. The molecule has 2 aliphatic heterocycles. The van der Waals surface area contributed by atoms with Crippen molar-refractivity contribution < 1.29 is 40.3 Å². The van der Waals surface area contributed by atoms with Crippen LogP contribution in [0.4, 0.5) is 17.1 Å². The highest BCUT2D eigenvalue weighted by Crippen LogP contribution is 2.26. The van der Waals surface area contributed by atoms with Crippen LogP contribution in [-0.2, 0) is 9.59 Å². The van der Waals surface area contributed by atoms with Gasteiger partial charge >= 0.3 is 11.9 Å². The molecule has 0 saturated heterocycles. The Balaban J connectivity index is -0.000000507. The molecule has 43 heavy (non-hydrogen) atoms. The van der Waals surface area contributed by atoms with E-state index in [0.29, 0.717) is 22.5 Å². The molecule has 0 aliphatic carbocycles. The molecular weight excluding hydrogens is 554 g/mol. The molecule has 0 fully saturated rings. The maximum atomic E-state index is 11.0. The summed E-state index contributed by atoms with van der Waals surface area (Å²) in [7, 11) is 0. The monoisotopic (exact) mass is 599 g/mol. The van der Waals surface area contributed by atoms with Crippen molar-refractivity contribution in [2.45, 2.75) is 54.5 Å². The molecule has 10 N–H and O–H groups in total. The van der Waals surface area contributed by atoms with Crippen molar-refractivity contribution in [3.05, 3.63) is 95.1 Å². The van der Waals surface area contributed by atoms with E-state index in [9.17, 15) is 19.2 Å². The van der Waals surface area contributed by atoms with Crippen molar-refractivity contribution in [1.82, 2.24) is 0 Å². The van der Waals surface area contributed by atoms with E-state index < -0.39 is 23.6 Å². The van der Waals surface area contributed by atoms with Crippen LogP contribution in [0.15, 0.2) is 78.4 Å². The van der Waals surface area contributed by atoms with Crippen molar-refractivity contribution in [2.24, 2.45) is 0 Å². The Morgan fingerprint density at radius 2 is 1.21 bits per heavy atom. The third kappa shape index (κ3) is 12.6. The van der Waals surface area contributed by atoms with Crippen LogP contribution < -0.4 is 16.4 Å². The number of nitrogens with two attached hydrogens (primary N) is 1. The molecule has 0 bridgehead atoms. The lowest BCUT2D eigenvalue weighted by Crippen LogP contribution is -2.26. The van der Waals surface area contributed by atoms with Crippen LogP contribution in [-0.4, -0.2) is 50.8 Å². The maximum absolute atomic E-state index is 11.0. The first-order chi connectivity index (χ1) is 19.7.